The van der Waals surface area contributed by atoms with Crippen LogP contribution < -0.4 is 15.8 Å². The van der Waals surface area contributed by atoms with Crippen LogP contribution in [0, 0.1) is 0 Å². The number of hydrogen-bond donors (Lipinski definition) is 2. The number of nitrogens with one attached hydrogen (secondary N) is 1. The molecule has 0 bridgehead atoms. The molecule has 0 radical (unpaired) electrons. The minimum absolute atomic E-state index is 0.131. The number of nitrogens with two attached hydrogens (primary N) is 1. The number of amides is 1. The minimum atomic E-state index is -0.261. The molecule has 1 unspecified atom stereocenters. The highest BCUT2D eigenvalue weighted by molar-refractivity contribution is 5.92. The van der Waals surface area contributed by atoms with Crippen molar-refractivity contribution >= 4 is 11.6 Å². The SMILES string of the molecule is CCCCOc1ccccc1NC(=O)CC(CN)OC. The van der Waals surface area contributed by atoms with Crippen molar-refractivity contribution in [3.8, 4) is 5.75 Å². The molecule has 20 heavy (non-hydrogen) atoms. The first-order valence-electron chi connectivity index (χ1n) is 6.95. The third kappa shape index (κ3) is 5.59. The molecular formula is C15H24N2O3. The number of ether oxygens (including phenoxy) is 2. The lowest BCUT2D eigenvalue weighted by Crippen LogP contribution is -2.28. The molecular weight excluding hydrogens is 256 g/mol. The quantitative estimate of drug-likeness (QED) is 0.680. The van der Waals surface area contributed by atoms with E-state index in [4.69, 9.17) is 15.2 Å². The summed E-state index contributed by atoms with van der Waals surface area (Å²) in [5.41, 5.74) is 6.19. The van der Waals surface area contributed by atoms with E-state index in [0.717, 1.165) is 12.8 Å². The molecule has 3 N–H and O–H groups in total. The fourth-order valence-electron chi connectivity index (χ4n) is 1.69. The molecule has 0 fully saturated rings. The van der Waals surface area contributed by atoms with Crippen LogP contribution in [0.1, 0.15) is 26.2 Å². The van der Waals surface area contributed by atoms with Crippen LogP contribution in [-0.4, -0.2) is 32.3 Å². The summed E-state index contributed by atoms with van der Waals surface area (Å²) in [5, 5.41) is 2.84. The average Bonchev–Trinajstić information content (AvgIpc) is 2.46. The second-order valence-electron chi connectivity index (χ2n) is 4.54. The Hall–Kier alpha value is -1.59. The van der Waals surface area contributed by atoms with Gasteiger partial charge in [0.1, 0.15) is 5.75 Å². The number of rotatable bonds is 9. The summed E-state index contributed by atoms with van der Waals surface area (Å²) < 4.78 is 10.8. The Labute approximate surface area is 120 Å². The van der Waals surface area contributed by atoms with Crippen LogP contribution in [0.3, 0.4) is 0 Å². The number of unbranched alkanes of at least 4 members (excludes halogenated alkanes) is 1. The summed E-state index contributed by atoms with van der Waals surface area (Å²) in [6.45, 7) is 3.07. The number of carbonyl (C=O) groups is 1. The van der Waals surface area contributed by atoms with Gasteiger partial charge in [-0.2, -0.15) is 0 Å². The van der Waals surface area contributed by atoms with Crippen molar-refractivity contribution in [2.45, 2.75) is 32.3 Å². The van der Waals surface area contributed by atoms with Gasteiger partial charge in [-0.1, -0.05) is 25.5 Å². The number of para-hydroxylation sites is 2. The Morgan fingerprint density at radius 2 is 2.15 bits per heavy atom. The van der Waals surface area contributed by atoms with E-state index >= 15 is 0 Å². The average molecular weight is 280 g/mol. The lowest BCUT2D eigenvalue weighted by molar-refractivity contribution is -0.118. The number of benzene rings is 1. The van der Waals surface area contributed by atoms with Crippen molar-refractivity contribution in [3.05, 3.63) is 24.3 Å². The Kier molecular flexibility index (Phi) is 7.69. The second kappa shape index (κ2) is 9.34. The number of carbonyl (C=O) groups excluding carboxylic acids is 1. The van der Waals surface area contributed by atoms with E-state index in [-0.39, 0.29) is 18.4 Å². The third-order valence-corrected chi connectivity index (χ3v) is 2.93. The second-order valence-corrected chi connectivity index (χ2v) is 4.54. The highest BCUT2D eigenvalue weighted by atomic mass is 16.5. The van der Waals surface area contributed by atoms with Gasteiger partial charge in [0.05, 0.1) is 24.8 Å². The Morgan fingerprint density at radius 3 is 2.80 bits per heavy atom. The first-order chi connectivity index (χ1) is 9.71. The lowest BCUT2D eigenvalue weighted by atomic mass is 10.2. The van der Waals surface area contributed by atoms with E-state index in [1.807, 2.05) is 24.3 Å². The van der Waals surface area contributed by atoms with E-state index in [2.05, 4.69) is 12.2 Å². The first-order valence-corrected chi connectivity index (χ1v) is 6.95. The summed E-state index contributed by atoms with van der Waals surface area (Å²) >= 11 is 0. The zero-order valence-corrected chi connectivity index (χ0v) is 12.2. The number of methoxy groups -OCH3 is 1. The number of anilines is 1. The molecule has 0 aliphatic heterocycles. The normalized spacial score (nSPS) is 11.9. The summed E-state index contributed by atoms with van der Waals surface area (Å²) in [6, 6.07) is 7.42. The third-order valence-electron chi connectivity index (χ3n) is 2.93. The topological polar surface area (TPSA) is 73.6 Å². The fourth-order valence-corrected chi connectivity index (χ4v) is 1.69. The van der Waals surface area contributed by atoms with Crippen LogP contribution >= 0.6 is 0 Å². The van der Waals surface area contributed by atoms with Gasteiger partial charge in [-0.3, -0.25) is 4.79 Å². The Bertz CT molecular complexity index is 406. The molecule has 1 atom stereocenters. The molecule has 1 amide bonds. The van der Waals surface area contributed by atoms with Crippen LogP contribution in [-0.2, 0) is 9.53 Å². The standard InChI is InChI=1S/C15H24N2O3/c1-3-4-9-20-14-8-6-5-7-13(14)17-15(18)10-12(11-16)19-2/h5-8,12H,3-4,9-11,16H2,1-2H3,(H,17,18). The molecule has 0 heterocycles. The zero-order valence-electron chi connectivity index (χ0n) is 12.2. The van der Waals surface area contributed by atoms with Crippen LogP contribution in [0.5, 0.6) is 5.75 Å². The van der Waals surface area contributed by atoms with Gasteiger partial charge >= 0.3 is 0 Å². The van der Waals surface area contributed by atoms with Crippen LogP contribution in [0.4, 0.5) is 5.69 Å². The molecule has 0 saturated carbocycles. The van der Waals surface area contributed by atoms with Gasteiger partial charge < -0.3 is 20.5 Å². The first kappa shape index (κ1) is 16.5. The molecule has 1 rings (SSSR count). The van der Waals surface area contributed by atoms with Crippen LogP contribution in [0.25, 0.3) is 0 Å². The van der Waals surface area contributed by atoms with E-state index in [9.17, 15) is 4.79 Å². The van der Waals surface area contributed by atoms with Gasteiger partial charge in [0, 0.05) is 13.7 Å². The van der Waals surface area contributed by atoms with Gasteiger partial charge in [-0.05, 0) is 18.6 Å². The van der Waals surface area contributed by atoms with Gasteiger partial charge in [0.25, 0.3) is 0 Å². The molecule has 0 aromatic heterocycles. The summed E-state index contributed by atoms with van der Waals surface area (Å²) in [5.74, 6) is 0.560. The smallest absolute Gasteiger partial charge is 0.227 e. The minimum Gasteiger partial charge on any atom is -0.491 e. The summed E-state index contributed by atoms with van der Waals surface area (Å²) in [4.78, 5) is 11.9. The van der Waals surface area contributed by atoms with Crippen molar-refractivity contribution in [2.75, 3.05) is 25.6 Å². The predicted octanol–water partition coefficient (Wildman–Crippen LogP) is 2.17. The zero-order chi connectivity index (χ0) is 14.8. The van der Waals surface area contributed by atoms with E-state index in [0.29, 0.717) is 24.6 Å². The van der Waals surface area contributed by atoms with E-state index in [1.165, 1.54) is 0 Å². The molecule has 5 nitrogen and oxygen atoms in total. The summed E-state index contributed by atoms with van der Waals surface area (Å²) in [6.07, 6.45) is 2.03. The fraction of sp³-hybridized carbons (Fsp3) is 0.533. The molecule has 112 valence electrons. The van der Waals surface area contributed by atoms with Crippen LogP contribution in [0.15, 0.2) is 24.3 Å². The molecule has 0 aliphatic rings. The molecule has 1 aromatic carbocycles. The monoisotopic (exact) mass is 280 g/mol. The lowest BCUT2D eigenvalue weighted by Gasteiger charge is -2.15. The van der Waals surface area contributed by atoms with E-state index in [1.54, 1.807) is 7.11 Å². The predicted molar refractivity (Wildman–Crippen MR) is 79.9 cm³/mol. The molecule has 0 saturated heterocycles. The molecule has 0 aliphatic carbocycles. The molecule has 1 aromatic rings. The molecule has 5 heteroatoms. The Balaban J connectivity index is 2.59. The van der Waals surface area contributed by atoms with E-state index < -0.39 is 0 Å². The van der Waals surface area contributed by atoms with Crippen LogP contribution in [0.2, 0.25) is 0 Å². The maximum atomic E-state index is 11.9. The largest absolute Gasteiger partial charge is 0.491 e. The highest BCUT2D eigenvalue weighted by Gasteiger charge is 2.13. The molecule has 0 spiro atoms. The van der Waals surface area contributed by atoms with Crippen molar-refractivity contribution in [1.82, 2.24) is 0 Å². The van der Waals surface area contributed by atoms with Gasteiger partial charge in [-0.15, -0.1) is 0 Å². The van der Waals surface area contributed by atoms with Crippen molar-refractivity contribution in [3.63, 3.8) is 0 Å². The number of hydrogen-bond acceptors (Lipinski definition) is 4. The summed E-state index contributed by atoms with van der Waals surface area (Å²) in [7, 11) is 1.55. The maximum Gasteiger partial charge on any atom is 0.227 e. The highest BCUT2D eigenvalue weighted by Crippen LogP contribution is 2.24. The van der Waals surface area contributed by atoms with Crippen molar-refractivity contribution in [1.29, 1.82) is 0 Å². The van der Waals surface area contributed by atoms with Gasteiger partial charge in [-0.25, -0.2) is 0 Å². The Morgan fingerprint density at radius 1 is 1.40 bits per heavy atom. The van der Waals surface area contributed by atoms with Crippen molar-refractivity contribution < 1.29 is 14.3 Å². The maximum absolute atomic E-state index is 11.9. The van der Waals surface area contributed by atoms with Gasteiger partial charge in [0.15, 0.2) is 0 Å². The van der Waals surface area contributed by atoms with Gasteiger partial charge in [0.2, 0.25) is 5.91 Å². The van der Waals surface area contributed by atoms with Crippen molar-refractivity contribution in [2.24, 2.45) is 5.73 Å².